The summed E-state index contributed by atoms with van der Waals surface area (Å²) < 4.78 is 26.0. The molecule has 2 heterocycles. The number of halogens is 2. The van der Waals surface area contributed by atoms with Crippen molar-refractivity contribution >= 4 is 43.2 Å². The molecule has 4 nitrogen and oxygen atoms in total. The molecule has 3 aliphatic rings. The fourth-order valence-corrected chi connectivity index (χ4v) is 6.14. The van der Waals surface area contributed by atoms with Gasteiger partial charge in [0.25, 0.3) is 0 Å². The Bertz CT molecular complexity index is 933. The van der Waals surface area contributed by atoms with E-state index < -0.39 is 15.8 Å². The van der Waals surface area contributed by atoms with Gasteiger partial charge < -0.3 is 5.32 Å². The summed E-state index contributed by atoms with van der Waals surface area (Å²) in [4.78, 5) is 13.0. The van der Waals surface area contributed by atoms with Crippen molar-refractivity contribution in [2.45, 2.75) is 31.6 Å². The maximum atomic E-state index is 12.6. The number of hydrogen-bond acceptors (Lipinski definition) is 4. The van der Waals surface area contributed by atoms with Crippen molar-refractivity contribution in [3.05, 3.63) is 55.1 Å². The molecule has 1 N–H and O–H groups in total. The molecular formula is C17H15BrClNO3S. The van der Waals surface area contributed by atoms with Crippen molar-refractivity contribution in [2.75, 3.05) is 5.75 Å². The Morgan fingerprint density at radius 1 is 1.17 bits per heavy atom. The number of Topliss-reactive ketones (excluding diaryl/α,β-unsaturated/α-hetero) is 1. The second-order valence-corrected chi connectivity index (χ2v) is 9.65. The Labute approximate surface area is 154 Å². The third-order valence-corrected chi connectivity index (χ3v) is 7.95. The molecule has 126 valence electrons. The molecule has 1 aliphatic carbocycles. The summed E-state index contributed by atoms with van der Waals surface area (Å²) in [6, 6.07) is 5.37. The molecule has 1 aromatic rings. The molecule has 1 aromatic carbocycles. The molecule has 0 saturated heterocycles. The van der Waals surface area contributed by atoms with Gasteiger partial charge >= 0.3 is 0 Å². The predicted molar refractivity (Wildman–Crippen MR) is 96.3 cm³/mol. The van der Waals surface area contributed by atoms with E-state index in [0.29, 0.717) is 32.8 Å². The van der Waals surface area contributed by atoms with Gasteiger partial charge in [-0.05, 0) is 46.5 Å². The number of ketones is 1. The highest BCUT2D eigenvalue weighted by Crippen LogP contribution is 2.48. The molecule has 1 atom stereocenters. The molecule has 2 aliphatic heterocycles. The lowest BCUT2D eigenvalue weighted by Crippen LogP contribution is -2.32. The van der Waals surface area contributed by atoms with Gasteiger partial charge in [-0.2, -0.15) is 0 Å². The van der Waals surface area contributed by atoms with Crippen LogP contribution in [0.25, 0.3) is 0 Å². The topological polar surface area (TPSA) is 63.2 Å². The molecule has 0 amide bonds. The second kappa shape index (κ2) is 5.71. The summed E-state index contributed by atoms with van der Waals surface area (Å²) in [5, 5.41) is 3.81. The van der Waals surface area contributed by atoms with Gasteiger partial charge in [0.2, 0.25) is 0 Å². The summed E-state index contributed by atoms with van der Waals surface area (Å²) in [6.07, 6.45) is 2.53. The number of allylic oxidation sites excluding steroid dienone is 4. The summed E-state index contributed by atoms with van der Waals surface area (Å²) in [7, 11) is -3.36. The first kappa shape index (κ1) is 16.4. The van der Waals surface area contributed by atoms with Gasteiger partial charge in [-0.25, -0.2) is 8.42 Å². The van der Waals surface area contributed by atoms with Gasteiger partial charge in [-0.3, -0.25) is 4.79 Å². The van der Waals surface area contributed by atoms with Crippen molar-refractivity contribution < 1.29 is 13.2 Å². The zero-order chi connectivity index (χ0) is 17.1. The quantitative estimate of drug-likeness (QED) is 0.738. The minimum Gasteiger partial charge on any atom is -0.361 e. The van der Waals surface area contributed by atoms with E-state index in [-0.39, 0.29) is 11.5 Å². The SMILES string of the molecule is O=C1CCCC2=C1C(c1ccc(Cl)c(Br)c1)C1=C(CCS1(=O)=O)N2. The van der Waals surface area contributed by atoms with Crippen molar-refractivity contribution in [1.29, 1.82) is 0 Å². The van der Waals surface area contributed by atoms with Crippen molar-refractivity contribution in [3.8, 4) is 0 Å². The van der Waals surface area contributed by atoms with Crippen LogP contribution >= 0.6 is 27.5 Å². The predicted octanol–water partition coefficient (Wildman–Crippen LogP) is 3.83. The summed E-state index contributed by atoms with van der Waals surface area (Å²) in [6.45, 7) is 0. The van der Waals surface area contributed by atoms with E-state index in [4.69, 9.17) is 11.6 Å². The van der Waals surface area contributed by atoms with E-state index >= 15 is 0 Å². The molecule has 7 heteroatoms. The maximum Gasteiger partial charge on any atom is 0.177 e. The van der Waals surface area contributed by atoms with Crippen LogP contribution in [0.1, 0.15) is 37.2 Å². The zero-order valence-electron chi connectivity index (χ0n) is 12.7. The molecule has 4 rings (SSSR count). The van der Waals surface area contributed by atoms with Crippen LogP contribution in [-0.4, -0.2) is 20.0 Å². The van der Waals surface area contributed by atoms with E-state index in [1.165, 1.54) is 0 Å². The molecular weight excluding hydrogens is 414 g/mol. The number of dihydropyridines is 1. The Morgan fingerprint density at radius 3 is 2.71 bits per heavy atom. The first-order chi connectivity index (χ1) is 11.4. The van der Waals surface area contributed by atoms with E-state index in [1.807, 2.05) is 12.1 Å². The maximum absolute atomic E-state index is 12.6. The molecule has 1 unspecified atom stereocenters. The fraction of sp³-hybridized carbons (Fsp3) is 0.353. The number of benzene rings is 1. The molecule has 0 spiro atoms. The van der Waals surface area contributed by atoms with Crippen LogP contribution in [0.3, 0.4) is 0 Å². The smallest absolute Gasteiger partial charge is 0.177 e. The standard InChI is InChI=1S/C17H15BrClNO3S/c18-10-8-9(4-5-11(10)19)15-16-12(2-1-3-14(16)21)20-13-6-7-24(22,23)17(13)15/h4-5,8,15,20H,1-3,6-7H2. The first-order valence-corrected chi connectivity index (χ1v) is 10.6. The van der Waals surface area contributed by atoms with Crippen molar-refractivity contribution in [1.82, 2.24) is 5.32 Å². The van der Waals surface area contributed by atoms with Gasteiger partial charge in [0.05, 0.1) is 21.6 Å². The third-order valence-electron chi connectivity index (χ3n) is 4.84. The molecule has 24 heavy (non-hydrogen) atoms. The Morgan fingerprint density at radius 2 is 1.96 bits per heavy atom. The van der Waals surface area contributed by atoms with E-state index in [0.717, 1.165) is 29.8 Å². The van der Waals surface area contributed by atoms with E-state index in [2.05, 4.69) is 21.2 Å². The number of hydrogen-bond donors (Lipinski definition) is 1. The molecule has 0 saturated carbocycles. The van der Waals surface area contributed by atoms with Crippen LogP contribution in [0.2, 0.25) is 5.02 Å². The first-order valence-electron chi connectivity index (χ1n) is 7.82. The van der Waals surface area contributed by atoms with Gasteiger partial charge in [-0.1, -0.05) is 17.7 Å². The largest absolute Gasteiger partial charge is 0.361 e. The van der Waals surface area contributed by atoms with Crippen molar-refractivity contribution in [2.24, 2.45) is 0 Å². The molecule has 0 radical (unpaired) electrons. The number of rotatable bonds is 1. The zero-order valence-corrected chi connectivity index (χ0v) is 15.9. The highest BCUT2D eigenvalue weighted by atomic mass is 79.9. The van der Waals surface area contributed by atoms with Crippen LogP contribution in [0.15, 0.2) is 44.5 Å². The molecule has 0 fully saturated rings. The lowest BCUT2D eigenvalue weighted by atomic mass is 9.79. The van der Waals surface area contributed by atoms with Crippen molar-refractivity contribution in [3.63, 3.8) is 0 Å². The minimum atomic E-state index is -3.36. The summed E-state index contributed by atoms with van der Waals surface area (Å²) >= 11 is 9.49. The average Bonchev–Trinajstić information content (AvgIpc) is 2.84. The molecule has 0 aromatic heterocycles. The number of carbonyl (C=O) groups excluding carboxylic acids is 1. The van der Waals surface area contributed by atoms with E-state index in [9.17, 15) is 13.2 Å². The fourth-order valence-electron chi connectivity index (χ4n) is 3.79. The lowest BCUT2D eigenvalue weighted by Gasteiger charge is -2.33. The van der Waals surface area contributed by atoms with E-state index in [1.54, 1.807) is 6.07 Å². The van der Waals surface area contributed by atoms with Crippen LogP contribution in [0.4, 0.5) is 0 Å². The highest BCUT2D eigenvalue weighted by Gasteiger charge is 2.44. The Kier molecular flexibility index (Phi) is 3.90. The van der Waals surface area contributed by atoms with Crippen LogP contribution in [-0.2, 0) is 14.6 Å². The Balaban J connectivity index is 1.96. The summed E-state index contributed by atoms with van der Waals surface area (Å²) in [5.41, 5.74) is 3.03. The van der Waals surface area contributed by atoms with Crippen LogP contribution < -0.4 is 5.32 Å². The number of carbonyl (C=O) groups is 1. The Hall–Kier alpha value is -1.11. The van der Waals surface area contributed by atoms with Gasteiger partial charge in [0, 0.05) is 34.3 Å². The minimum absolute atomic E-state index is 0.0356. The highest BCUT2D eigenvalue weighted by molar-refractivity contribution is 9.10. The number of nitrogens with one attached hydrogen (secondary N) is 1. The lowest BCUT2D eigenvalue weighted by molar-refractivity contribution is -0.116. The summed E-state index contributed by atoms with van der Waals surface area (Å²) in [5.74, 6) is -0.386. The van der Waals surface area contributed by atoms with Crippen LogP contribution in [0, 0.1) is 0 Å². The second-order valence-electron chi connectivity index (χ2n) is 6.31. The van der Waals surface area contributed by atoms with Gasteiger partial charge in [0.1, 0.15) is 0 Å². The molecule has 0 bridgehead atoms. The van der Waals surface area contributed by atoms with Gasteiger partial charge in [0.15, 0.2) is 15.6 Å². The monoisotopic (exact) mass is 427 g/mol. The third kappa shape index (κ3) is 2.47. The van der Waals surface area contributed by atoms with Crippen LogP contribution in [0.5, 0.6) is 0 Å². The van der Waals surface area contributed by atoms with Gasteiger partial charge in [-0.15, -0.1) is 0 Å². The average molecular weight is 429 g/mol. The normalized spacial score (nSPS) is 25.4. The number of sulfone groups is 1.